The molecule has 1 fully saturated rings. The maximum Gasteiger partial charge on any atom is 0.338 e. The van der Waals surface area contributed by atoms with E-state index in [-0.39, 0.29) is 24.2 Å². The molecule has 4 rings (SSSR count). The minimum atomic E-state index is -0.566. The number of piperidine rings is 1. The van der Waals surface area contributed by atoms with Crippen molar-refractivity contribution in [2.75, 3.05) is 41.0 Å². The number of rotatable bonds is 9. The van der Waals surface area contributed by atoms with E-state index in [1.807, 2.05) is 29.4 Å². The summed E-state index contributed by atoms with van der Waals surface area (Å²) in [6.45, 7) is 5.08. The fraction of sp³-hybridized carbons (Fsp3) is 0.500. The SMILES string of the molecule is CCOC(=O)C1CCN(C(=O)CC2=CSC3=NC(CC)=C(C(=O)OC)[C@H](c4ccc(OC)c(OC)c4)N23)CC1. The zero-order valence-electron chi connectivity index (χ0n) is 23.0. The Morgan fingerprint density at radius 2 is 1.77 bits per heavy atom. The fourth-order valence-electron chi connectivity index (χ4n) is 5.14. The second-order valence-electron chi connectivity index (χ2n) is 9.30. The molecule has 0 saturated carbocycles. The van der Waals surface area contributed by atoms with Gasteiger partial charge in [0.2, 0.25) is 5.91 Å². The Morgan fingerprint density at radius 3 is 2.38 bits per heavy atom. The third-order valence-electron chi connectivity index (χ3n) is 7.15. The van der Waals surface area contributed by atoms with Crippen molar-refractivity contribution in [1.82, 2.24) is 9.80 Å². The first kappa shape index (κ1) is 28.5. The number of amides is 1. The Kier molecular flexibility index (Phi) is 9.21. The van der Waals surface area contributed by atoms with Gasteiger partial charge in [0.15, 0.2) is 16.7 Å². The normalized spacial score (nSPS) is 19.3. The van der Waals surface area contributed by atoms with Gasteiger partial charge in [-0.25, -0.2) is 9.79 Å². The highest BCUT2D eigenvalue weighted by Gasteiger charge is 2.42. The van der Waals surface area contributed by atoms with Crippen molar-refractivity contribution in [2.45, 2.75) is 45.6 Å². The number of thioether (sulfide) groups is 1. The molecular weight excluding hydrogens is 522 g/mol. The van der Waals surface area contributed by atoms with Crippen LogP contribution >= 0.6 is 11.8 Å². The highest BCUT2D eigenvalue weighted by molar-refractivity contribution is 8.16. The van der Waals surface area contributed by atoms with Crippen LogP contribution in [0.15, 0.2) is 45.6 Å². The van der Waals surface area contributed by atoms with Gasteiger partial charge < -0.3 is 28.7 Å². The molecule has 0 bridgehead atoms. The third-order valence-corrected chi connectivity index (χ3v) is 8.04. The fourth-order valence-corrected chi connectivity index (χ4v) is 6.08. The van der Waals surface area contributed by atoms with E-state index in [2.05, 4.69) is 0 Å². The van der Waals surface area contributed by atoms with Crippen LogP contribution in [0.1, 0.15) is 51.1 Å². The van der Waals surface area contributed by atoms with Crippen molar-refractivity contribution in [3.05, 3.63) is 46.1 Å². The summed E-state index contributed by atoms with van der Waals surface area (Å²) in [4.78, 5) is 47.2. The van der Waals surface area contributed by atoms with E-state index in [1.165, 1.54) is 18.9 Å². The van der Waals surface area contributed by atoms with Gasteiger partial charge in [-0.15, -0.1) is 0 Å². The van der Waals surface area contributed by atoms with E-state index in [4.69, 9.17) is 23.9 Å². The lowest BCUT2D eigenvalue weighted by Crippen LogP contribution is -2.42. The second-order valence-corrected chi connectivity index (χ2v) is 10.1. The highest BCUT2D eigenvalue weighted by Crippen LogP contribution is 2.47. The standard InChI is InChI=1S/C28H35N3O7S/c1-6-20-24(27(34)37-5)25(18-8-9-21(35-3)22(14-18)36-4)31-19(16-39-28(31)29-20)15-23(32)30-12-10-17(11-13-30)26(33)38-7-2/h8-9,14,16-17,25H,6-7,10-13,15H2,1-5H3/t25-/m0/s1. The molecule has 1 amide bonds. The molecule has 3 aliphatic heterocycles. The molecule has 10 nitrogen and oxygen atoms in total. The number of nitrogens with zero attached hydrogens (tertiary/aromatic N) is 3. The van der Waals surface area contributed by atoms with Crippen LogP contribution in [0, 0.1) is 5.92 Å². The van der Waals surface area contributed by atoms with E-state index in [0.717, 1.165) is 11.3 Å². The molecule has 210 valence electrons. The van der Waals surface area contributed by atoms with Crippen LogP contribution < -0.4 is 9.47 Å². The summed E-state index contributed by atoms with van der Waals surface area (Å²) in [6.07, 6.45) is 1.84. The highest BCUT2D eigenvalue weighted by atomic mass is 32.2. The number of benzene rings is 1. The smallest absolute Gasteiger partial charge is 0.338 e. The molecule has 3 heterocycles. The zero-order chi connectivity index (χ0) is 28.1. The quantitative estimate of drug-likeness (QED) is 0.416. The summed E-state index contributed by atoms with van der Waals surface area (Å²) >= 11 is 1.43. The van der Waals surface area contributed by atoms with E-state index in [1.54, 1.807) is 32.1 Å². The van der Waals surface area contributed by atoms with Gasteiger partial charge in [-0.3, -0.25) is 9.59 Å². The number of esters is 2. The van der Waals surface area contributed by atoms with E-state index < -0.39 is 12.0 Å². The number of likely N-dealkylation sites (tertiary alicyclic amines) is 1. The molecule has 39 heavy (non-hydrogen) atoms. The van der Waals surface area contributed by atoms with Gasteiger partial charge in [0, 0.05) is 18.8 Å². The van der Waals surface area contributed by atoms with Gasteiger partial charge in [0.25, 0.3) is 0 Å². The van der Waals surface area contributed by atoms with Crippen LogP contribution in [0.4, 0.5) is 0 Å². The number of hydrogen-bond donors (Lipinski definition) is 0. The third kappa shape index (κ3) is 5.78. The summed E-state index contributed by atoms with van der Waals surface area (Å²) in [7, 11) is 4.48. The van der Waals surface area contributed by atoms with Crippen LogP contribution in [-0.4, -0.2) is 73.8 Å². The monoisotopic (exact) mass is 557 g/mol. The summed E-state index contributed by atoms with van der Waals surface area (Å²) in [5.41, 5.74) is 2.59. The number of allylic oxidation sites excluding steroid dienone is 1. The Hall–Kier alpha value is -3.47. The van der Waals surface area contributed by atoms with Crippen LogP contribution in [-0.2, 0) is 23.9 Å². The number of carbonyl (C=O) groups excluding carboxylic acids is 3. The number of methoxy groups -OCH3 is 3. The van der Waals surface area contributed by atoms with Crippen LogP contribution in [0.25, 0.3) is 0 Å². The van der Waals surface area contributed by atoms with Crippen molar-refractivity contribution in [3.8, 4) is 11.5 Å². The first-order valence-electron chi connectivity index (χ1n) is 13.1. The number of hydrogen-bond acceptors (Lipinski definition) is 10. The minimum absolute atomic E-state index is 0.0404. The topological polar surface area (TPSA) is 107 Å². The Morgan fingerprint density at radius 1 is 1.05 bits per heavy atom. The molecule has 3 aliphatic rings. The molecule has 1 aromatic rings. The van der Waals surface area contributed by atoms with Gasteiger partial charge in [-0.05, 0) is 49.3 Å². The predicted octanol–water partition coefficient (Wildman–Crippen LogP) is 4.03. The molecular formula is C28H35N3O7S. The van der Waals surface area contributed by atoms with E-state index >= 15 is 0 Å². The largest absolute Gasteiger partial charge is 0.493 e. The predicted molar refractivity (Wildman–Crippen MR) is 147 cm³/mol. The van der Waals surface area contributed by atoms with E-state index in [9.17, 15) is 14.4 Å². The second kappa shape index (κ2) is 12.6. The molecule has 0 aromatic heterocycles. The summed E-state index contributed by atoms with van der Waals surface area (Å²) in [5.74, 6) is 0.211. The van der Waals surface area contributed by atoms with Gasteiger partial charge in [0.05, 0.1) is 57.6 Å². The first-order valence-corrected chi connectivity index (χ1v) is 14.0. The molecule has 0 unspecified atom stereocenters. The molecule has 0 N–H and O–H groups in total. The first-order chi connectivity index (χ1) is 18.9. The van der Waals surface area contributed by atoms with Gasteiger partial charge in [-0.1, -0.05) is 24.8 Å². The molecule has 1 aromatic carbocycles. The van der Waals surface area contributed by atoms with Gasteiger partial charge in [-0.2, -0.15) is 0 Å². The van der Waals surface area contributed by atoms with Crippen LogP contribution in [0.5, 0.6) is 11.5 Å². The molecule has 1 atom stereocenters. The summed E-state index contributed by atoms with van der Waals surface area (Å²) < 4.78 is 21.3. The average Bonchev–Trinajstić information content (AvgIpc) is 3.37. The Balaban J connectivity index is 1.62. The number of ether oxygens (including phenoxy) is 4. The van der Waals surface area contributed by atoms with E-state index in [0.29, 0.717) is 66.9 Å². The molecule has 0 radical (unpaired) electrons. The summed E-state index contributed by atoms with van der Waals surface area (Å²) in [5, 5.41) is 2.62. The van der Waals surface area contributed by atoms with Crippen molar-refractivity contribution < 1.29 is 33.3 Å². The van der Waals surface area contributed by atoms with Crippen LogP contribution in [0.3, 0.4) is 0 Å². The zero-order valence-corrected chi connectivity index (χ0v) is 23.8. The van der Waals surface area contributed by atoms with Crippen molar-refractivity contribution >= 4 is 34.8 Å². The van der Waals surface area contributed by atoms with Gasteiger partial charge in [0.1, 0.15) is 0 Å². The maximum absolute atomic E-state index is 13.4. The molecule has 0 aliphatic carbocycles. The number of aliphatic imine (C=N–C) groups is 1. The number of amidine groups is 1. The number of fused-ring (bicyclic) bond motifs is 1. The molecule has 11 heteroatoms. The molecule has 0 spiro atoms. The maximum atomic E-state index is 13.4. The lowest BCUT2D eigenvalue weighted by atomic mass is 9.92. The lowest BCUT2D eigenvalue weighted by molar-refractivity contribution is -0.151. The molecule has 1 saturated heterocycles. The van der Waals surface area contributed by atoms with Crippen molar-refractivity contribution in [1.29, 1.82) is 0 Å². The average molecular weight is 558 g/mol. The minimum Gasteiger partial charge on any atom is -0.493 e. The summed E-state index contributed by atoms with van der Waals surface area (Å²) in [6, 6.07) is 4.95. The number of carbonyl (C=O) groups is 3. The Labute approximate surface area is 233 Å². The Bertz CT molecular complexity index is 1220. The van der Waals surface area contributed by atoms with Gasteiger partial charge >= 0.3 is 11.9 Å². The lowest BCUT2D eigenvalue weighted by Gasteiger charge is -2.37. The van der Waals surface area contributed by atoms with Crippen LogP contribution in [0.2, 0.25) is 0 Å². The van der Waals surface area contributed by atoms with Crippen molar-refractivity contribution in [3.63, 3.8) is 0 Å². The van der Waals surface area contributed by atoms with Crippen molar-refractivity contribution in [2.24, 2.45) is 10.9 Å².